The number of hydrogen-bond donors (Lipinski definition) is 5. The number of fused-ring (bicyclic) bond motifs is 3. The van der Waals surface area contributed by atoms with Gasteiger partial charge in [0.25, 0.3) is 10.2 Å². The van der Waals surface area contributed by atoms with Gasteiger partial charge in [0, 0.05) is 48.5 Å². The van der Waals surface area contributed by atoms with Crippen LogP contribution in [0.2, 0.25) is 0 Å². The van der Waals surface area contributed by atoms with E-state index in [9.17, 15) is 44.5 Å². The number of alkyl carbamates (subject to hydrolysis) is 2. The zero-order chi connectivity index (χ0) is 57.0. The smallest absolute Gasteiger partial charge is 0.449 e. The quantitative estimate of drug-likeness (QED) is 0.0119. The molecule has 3 rings (SSSR count). The molecule has 0 bridgehead atoms. The van der Waals surface area contributed by atoms with Crippen LogP contribution in [-0.2, 0) is 38.1 Å². The highest BCUT2D eigenvalue weighted by Gasteiger charge is 2.29. The van der Waals surface area contributed by atoms with Crippen LogP contribution in [-0.4, -0.2) is 102 Å². The molecule has 408 valence electrons. The summed E-state index contributed by atoms with van der Waals surface area (Å²) < 4.78 is 27.0. The molecule has 76 heavy (non-hydrogen) atoms. The fraction of sp³-hybridized carbons (Fsp3) is 0.453. The van der Waals surface area contributed by atoms with Crippen LogP contribution in [0, 0.1) is 103 Å². The first-order valence-electron chi connectivity index (χ1n) is 23.2. The van der Waals surface area contributed by atoms with Crippen molar-refractivity contribution in [2.45, 2.75) is 111 Å². The molecule has 0 aliphatic heterocycles. The number of nitrogens with one attached hydrogen (secondary N) is 3. The Hall–Kier alpha value is -9.13. The molecular formula is C53H63N5O18. The molecule has 1 aliphatic rings. The van der Waals surface area contributed by atoms with Gasteiger partial charge in [-0.15, -0.1) is 20.2 Å². The zero-order valence-corrected chi connectivity index (χ0v) is 43.4. The Labute approximate surface area is 442 Å². The first-order valence-corrected chi connectivity index (χ1v) is 23.2. The van der Waals surface area contributed by atoms with E-state index in [0.29, 0.717) is 24.6 Å². The molecule has 2 unspecified atom stereocenters. The SMILES string of the molecule is CC#CC#CC#COC(=O)OCO[N+](=O)[O-].CC#CC#CC#COC(=O)OCO[N+](=O)[O-].CC(=N)CCCCC(CO)NC(=O)OCC1c2ccccc2-c2ccccc21.CC(CO)CCCCNC(=O)OC(C)(C)C. The van der Waals surface area contributed by atoms with Crippen LogP contribution >= 0.6 is 0 Å². The summed E-state index contributed by atoms with van der Waals surface area (Å²) in [6.07, 6.45) is 6.57. The van der Waals surface area contributed by atoms with Gasteiger partial charge in [-0.1, -0.05) is 80.1 Å². The summed E-state index contributed by atoms with van der Waals surface area (Å²) in [5.41, 5.74) is 4.97. The van der Waals surface area contributed by atoms with E-state index in [-0.39, 0.29) is 37.9 Å². The summed E-state index contributed by atoms with van der Waals surface area (Å²) in [6.45, 7) is 11.8. The number of hydrogen-bond acceptors (Lipinski definition) is 19. The van der Waals surface area contributed by atoms with Crippen molar-refractivity contribution in [1.29, 1.82) is 5.41 Å². The van der Waals surface area contributed by atoms with Gasteiger partial charge >= 0.3 is 24.5 Å². The molecule has 23 nitrogen and oxygen atoms in total. The Morgan fingerprint density at radius 1 is 0.697 bits per heavy atom. The van der Waals surface area contributed by atoms with Crippen molar-refractivity contribution in [3.63, 3.8) is 0 Å². The van der Waals surface area contributed by atoms with E-state index in [1.807, 2.05) is 64.2 Å². The summed E-state index contributed by atoms with van der Waals surface area (Å²) in [7, 11) is 0. The molecule has 5 N–H and O–H groups in total. The third-order valence-corrected chi connectivity index (χ3v) is 9.01. The molecule has 0 saturated carbocycles. The molecule has 0 heterocycles. The van der Waals surface area contributed by atoms with E-state index in [0.717, 1.165) is 38.5 Å². The van der Waals surface area contributed by atoms with Crippen LogP contribution in [0.5, 0.6) is 0 Å². The van der Waals surface area contributed by atoms with Crippen molar-refractivity contribution in [3.8, 4) is 82.5 Å². The maximum atomic E-state index is 12.3. The van der Waals surface area contributed by atoms with Crippen molar-refractivity contribution < 1.29 is 77.7 Å². The van der Waals surface area contributed by atoms with Gasteiger partial charge in [0.15, 0.2) is 0 Å². The highest BCUT2D eigenvalue weighted by atomic mass is 17.0. The van der Waals surface area contributed by atoms with Gasteiger partial charge in [0.2, 0.25) is 13.6 Å². The lowest BCUT2D eigenvalue weighted by molar-refractivity contribution is -0.765. The van der Waals surface area contributed by atoms with Gasteiger partial charge in [0.05, 0.1) is 12.6 Å². The minimum Gasteiger partial charge on any atom is -0.449 e. The summed E-state index contributed by atoms with van der Waals surface area (Å²) in [6, 6.07) is 16.1. The number of ether oxygens (including phenoxy) is 6. The summed E-state index contributed by atoms with van der Waals surface area (Å²) >= 11 is 0. The number of aliphatic hydroxyl groups excluding tert-OH is 2. The fourth-order valence-electron chi connectivity index (χ4n) is 5.74. The number of benzene rings is 2. The molecule has 0 spiro atoms. The third kappa shape index (κ3) is 35.9. The number of carbonyl (C=O) groups excluding carboxylic acids is 4. The van der Waals surface area contributed by atoms with E-state index >= 15 is 0 Å². The maximum Gasteiger partial charge on any atom is 0.524 e. The number of amides is 2. The molecule has 23 heteroatoms. The first-order chi connectivity index (χ1) is 36.3. The average Bonchev–Trinajstić information content (AvgIpc) is 3.69. The summed E-state index contributed by atoms with van der Waals surface area (Å²) in [5.74, 6) is 23.7. The highest BCUT2D eigenvalue weighted by molar-refractivity contribution is 5.79. The molecule has 0 radical (unpaired) electrons. The van der Waals surface area contributed by atoms with E-state index in [2.05, 4.69) is 123 Å². The van der Waals surface area contributed by atoms with Gasteiger partial charge in [-0.3, -0.25) is 9.68 Å². The van der Waals surface area contributed by atoms with Crippen molar-refractivity contribution in [3.05, 3.63) is 79.9 Å². The number of rotatable bonds is 21. The van der Waals surface area contributed by atoms with Crippen molar-refractivity contribution >= 4 is 30.2 Å². The Morgan fingerprint density at radius 3 is 1.63 bits per heavy atom. The molecule has 0 fully saturated rings. The molecule has 0 aromatic heterocycles. The highest BCUT2D eigenvalue weighted by Crippen LogP contribution is 2.44. The Morgan fingerprint density at radius 2 is 1.18 bits per heavy atom. The number of aliphatic hydroxyl groups is 2. The van der Waals surface area contributed by atoms with Crippen LogP contribution < -0.4 is 10.6 Å². The lowest BCUT2D eigenvalue weighted by atomic mass is 9.98. The van der Waals surface area contributed by atoms with E-state index in [4.69, 9.17) is 20.0 Å². The molecule has 2 aromatic rings. The predicted molar refractivity (Wildman–Crippen MR) is 274 cm³/mol. The first kappa shape index (κ1) is 66.9. The van der Waals surface area contributed by atoms with Crippen LogP contribution in [0.25, 0.3) is 11.1 Å². The number of unbranched alkanes of at least 4 members (excludes halogenated alkanes) is 2. The van der Waals surface area contributed by atoms with E-state index in [1.54, 1.807) is 20.8 Å². The molecule has 2 amide bonds. The molecular weight excluding hydrogens is 995 g/mol. The second-order valence-corrected chi connectivity index (χ2v) is 16.2. The van der Waals surface area contributed by atoms with Crippen LogP contribution in [0.15, 0.2) is 48.5 Å². The van der Waals surface area contributed by atoms with Crippen molar-refractivity contribution in [2.24, 2.45) is 5.92 Å². The van der Waals surface area contributed by atoms with Crippen LogP contribution in [0.3, 0.4) is 0 Å². The Kier molecular flexibility index (Phi) is 36.4. The van der Waals surface area contributed by atoms with Gasteiger partial charge in [-0.05, 0) is 125 Å². The zero-order valence-electron chi connectivity index (χ0n) is 43.4. The second-order valence-electron chi connectivity index (χ2n) is 16.2. The Bertz CT molecular complexity index is 2450. The lowest BCUT2D eigenvalue weighted by Crippen LogP contribution is -2.38. The monoisotopic (exact) mass is 1060 g/mol. The number of nitrogens with zero attached hydrogens (tertiary/aromatic N) is 2. The van der Waals surface area contributed by atoms with Crippen LogP contribution in [0.1, 0.15) is 110 Å². The topological polar surface area (TPSA) is 317 Å². The van der Waals surface area contributed by atoms with Gasteiger partial charge in [-0.25, -0.2) is 19.2 Å². The minimum atomic E-state index is -1.22. The summed E-state index contributed by atoms with van der Waals surface area (Å²) in [5, 5.41) is 48.3. The van der Waals surface area contributed by atoms with Gasteiger partial charge in [0.1, 0.15) is 24.4 Å². The largest absolute Gasteiger partial charge is 0.524 e. The predicted octanol–water partition coefficient (Wildman–Crippen LogP) is 7.38. The van der Waals surface area contributed by atoms with Gasteiger partial charge < -0.3 is 54.7 Å². The normalized spacial score (nSPS) is 10.5. The van der Waals surface area contributed by atoms with E-state index < -0.39 is 47.8 Å². The van der Waals surface area contributed by atoms with Crippen LogP contribution in [0.4, 0.5) is 19.2 Å². The Balaban J connectivity index is 0.00000103. The lowest BCUT2D eigenvalue weighted by Gasteiger charge is -2.19. The summed E-state index contributed by atoms with van der Waals surface area (Å²) in [4.78, 5) is 71.3. The third-order valence-electron chi connectivity index (χ3n) is 9.01. The molecule has 1 aliphatic carbocycles. The van der Waals surface area contributed by atoms with Crippen molar-refractivity contribution in [1.82, 2.24) is 10.6 Å². The molecule has 2 atom stereocenters. The second kappa shape index (κ2) is 41.4. The maximum absolute atomic E-state index is 12.3. The molecule has 0 saturated heterocycles. The standard InChI is InChI=1S/C23H28N2O3.C12H25NO3.2C9H5NO6/c1-16(24)8-2-3-9-17(14-26)25-23(27)28-15-22-20-12-6-4-10-18(20)19-11-5-7-13-21(19)22;1-10(9-14)7-5-6-8-13-11(15)16-12(2,3)4;2*1-2-3-4-5-6-7-14-9(11)15-8-16-10(12)13/h4-7,10-13,17,22,24,26H,2-3,8-9,14-15H2,1H3,(H,25,27);10,14H,5-9H2,1-4H3,(H,13,15);2*8H2,1H3. The van der Waals surface area contributed by atoms with E-state index in [1.165, 1.54) is 22.3 Å². The van der Waals surface area contributed by atoms with Gasteiger partial charge in [-0.2, -0.15) is 0 Å². The minimum absolute atomic E-state index is 0.0290. The average molecular weight is 1060 g/mol. The fourth-order valence-corrected chi connectivity index (χ4v) is 5.74. The molecule has 2 aromatic carbocycles. The van der Waals surface area contributed by atoms with Crippen molar-refractivity contribution in [2.75, 3.05) is 40.0 Å². The number of carbonyl (C=O) groups is 4.